The van der Waals surface area contributed by atoms with Gasteiger partial charge in [-0.05, 0) is 30.7 Å². The van der Waals surface area contributed by atoms with Gasteiger partial charge in [-0.25, -0.2) is 4.79 Å². The smallest absolute Gasteiger partial charge is 0.371 e. The van der Waals surface area contributed by atoms with Crippen molar-refractivity contribution in [2.45, 2.75) is 19.5 Å². The highest BCUT2D eigenvalue weighted by Gasteiger charge is 2.10. The van der Waals surface area contributed by atoms with E-state index in [-0.39, 0.29) is 11.8 Å². The molecule has 102 valence electrons. The Morgan fingerprint density at radius 1 is 1.47 bits per heavy atom. The maximum absolute atomic E-state index is 10.8. The van der Waals surface area contributed by atoms with Crippen molar-refractivity contribution in [2.24, 2.45) is 0 Å². The van der Waals surface area contributed by atoms with E-state index < -0.39 is 5.97 Å². The summed E-state index contributed by atoms with van der Waals surface area (Å²) in [6, 6.07) is 7.45. The Labute approximate surface area is 111 Å². The summed E-state index contributed by atoms with van der Waals surface area (Å²) in [5.74, 6) is -1.09. The highest BCUT2D eigenvalue weighted by Crippen LogP contribution is 2.20. The van der Waals surface area contributed by atoms with Crippen molar-refractivity contribution in [1.29, 1.82) is 0 Å². The van der Waals surface area contributed by atoms with Gasteiger partial charge in [-0.15, -0.1) is 0 Å². The number of carboxylic acid groups (broad SMARTS) is 1. The van der Waals surface area contributed by atoms with Gasteiger partial charge in [-0.1, -0.05) is 6.07 Å². The van der Waals surface area contributed by atoms with Gasteiger partial charge in [0.05, 0.1) is 6.61 Å². The number of furan rings is 1. The molecular formula is C14H17NO4. The summed E-state index contributed by atoms with van der Waals surface area (Å²) in [6.07, 6.45) is 0. The predicted molar refractivity (Wildman–Crippen MR) is 71.4 cm³/mol. The van der Waals surface area contributed by atoms with E-state index in [9.17, 15) is 4.79 Å². The molecule has 1 unspecified atom stereocenters. The molecule has 0 bridgehead atoms. The Morgan fingerprint density at radius 3 is 2.95 bits per heavy atom. The van der Waals surface area contributed by atoms with Crippen LogP contribution in [0.15, 0.2) is 28.7 Å². The van der Waals surface area contributed by atoms with Crippen molar-refractivity contribution < 1.29 is 19.1 Å². The third kappa shape index (κ3) is 3.33. The maximum atomic E-state index is 10.8. The fraction of sp³-hybridized carbons (Fsp3) is 0.357. The van der Waals surface area contributed by atoms with Gasteiger partial charge >= 0.3 is 5.97 Å². The summed E-state index contributed by atoms with van der Waals surface area (Å²) >= 11 is 0. The number of carbonyl (C=O) groups is 1. The zero-order valence-electron chi connectivity index (χ0n) is 11.0. The topological polar surface area (TPSA) is 71.7 Å². The van der Waals surface area contributed by atoms with Gasteiger partial charge in [0.1, 0.15) is 5.58 Å². The summed E-state index contributed by atoms with van der Waals surface area (Å²) in [5.41, 5.74) is 1.67. The van der Waals surface area contributed by atoms with Gasteiger partial charge in [0.2, 0.25) is 5.76 Å². The van der Waals surface area contributed by atoms with E-state index in [1.807, 2.05) is 19.1 Å². The van der Waals surface area contributed by atoms with Gasteiger partial charge in [0, 0.05) is 25.1 Å². The van der Waals surface area contributed by atoms with Gasteiger partial charge in [0.25, 0.3) is 0 Å². The molecular weight excluding hydrogens is 246 g/mol. The van der Waals surface area contributed by atoms with Crippen LogP contribution in [0.4, 0.5) is 0 Å². The van der Waals surface area contributed by atoms with Crippen LogP contribution in [0, 0.1) is 0 Å². The number of carboxylic acids is 1. The van der Waals surface area contributed by atoms with Crippen LogP contribution in [-0.4, -0.2) is 30.8 Å². The number of aromatic carboxylic acids is 1. The first-order chi connectivity index (χ1) is 9.10. The molecule has 0 aliphatic rings. The van der Waals surface area contributed by atoms with Gasteiger partial charge in [0.15, 0.2) is 0 Å². The SMILES string of the molecule is COCC(C)NCc1ccc2oc(C(=O)O)cc2c1. The standard InChI is InChI=1S/C14H17NO4/c1-9(8-18-2)15-7-10-3-4-12-11(5-10)6-13(19-12)14(16)17/h3-6,9,15H,7-8H2,1-2H3,(H,16,17). The van der Waals surface area contributed by atoms with E-state index in [1.54, 1.807) is 19.2 Å². The van der Waals surface area contributed by atoms with E-state index in [0.29, 0.717) is 18.7 Å². The monoisotopic (exact) mass is 263 g/mol. The zero-order chi connectivity index (χ0) is 13.8. The molecule has 0 saturated carbocycles. The van der Waals surface area contributed by atoms with Crippen LogP contribution in [-0.2, 0) is 11.3 Å². The molecule has 0 amide bonds. The fourth-order valence-electron chi connectivity index (χ4n) is 1.91. The molecule has 0 spiro atoms. The second-order valence-corrected chi connectivity index (χ2v) is 4.53. The Balaban J connectivity index is 2.10. The lowest BCUT2D eigenvalue weighted by Gasteiger charge is -2.12. The second kappa shape index (κ2) is 5.86. The predicted octanol–water partition coefficient (Wildman–Crippen LogP) is 2.26. The van der Waals surface area contributed by atoms with E-state index in [2.05, 4.69) is 5.32 Å². The normalized spacial score (nSPS) is 12.7. The molecule has 1 atom stereocenters. The van der Waals surface area contributed by atoms with Crippen molar-refractivity contribution in [1.82, 2.24) is 5.32 Å². The highest BCUT2D eigenvalue weighted by molar-refractivity contribution is 5.91. The Bertz CT molecular complexity index is 576. The molecule has 0 fully saturated rings. The number of hydrogen-bond donors (Lipinski definition) is 2. The van der Waals surface area contributed by atoms with Gasteiger partial charge in [-0.2, -0.15) is 0 Å². The van der Waals surface area contributed by atoms with Gasteiger partial charge in [-0.3, -0.25) is 0 Å². The van der Waals surface area contributed by atoms with Crippen molar-refractivity contribution >= 4 is 16.9 Å². The molecule has 1 aromatic carbocycles. The summed E-state index contributed by atoms with van der Waals surface area (Å²) in [4.78, 5) is 10.8. The van der Waals surface area contributed by atoms with Crippen molar-refractivity contribution in [3.63, 3.8) is 0 Å². The molecule has 0 radical (unpaired) electrons. The van der Waals surface area contributed by atoms with Crippen LogP contribution >= 0.6 is 0 Å². The number of benzene rings is 1. The minimum Gasteiger partial charge on any atom is -0.475 e. The number of hydrogen-bond acceptors (Lipinski definition) is 4. The number of ether oxygens (including phenoxy) is 1. The van der Waals surface area contributed by atoms with Crippen molar-refractivity contribution in [2.75, 3.05) is 13.7 Å². The first-order valence-corrected chi connectivity index (χ1v) is 6.08. The Morgan fingerprint density at radius 2 is 2.26 bits per heavy atom. The largest absolute Gasteiger partial charge is 0.475 e. The van der Waals surface area contributed by atoms with Crippen LogP contribution in [0.1, 0.15) is 23.0 Å². The number of rotatable bonds is 6. The minimum absolute atomic E-state index is 0.0344. The Kier molecular flexibility index (Phi) is 4.19. The van der Waals surface area contributed by atoms with Crippen molar-refractivity contribution in [3.8, 4) is 0 Å². The maximum Gasteiger partial charge on any atom is 0.371 e. The first-order valence-electron chi connectivity index (χ1n) is 6.08. The lowest BCUT2D eigenvalue weighted by Crippen LogP contribution is -2.29. The number of methoxy groups -OCH3 is 1. The lowest BCUT2D eigenvalue weighted by atomic mass is 10.1. The molecule has 0 saturated heterocycles. The molecule has 5 nitrogen and oxygen atoms in total. The number of nitrogens with one attached hydrogen (secondary N) is 1. The third-order valence-corrected chi connectivity index (χ3v) is 2.86. The molecule has 2 aromatic rings. The zero-order valence-corrected chi connectivity index (χ0v) is 11.0. The average Bonchev–Trinajstić information content (AvgIpc) is 2.80. The summed E-state index contributed by atoms with van der Waals surface area (Å²) in [6.45, 7) is 3.40. The molecule has 1 aromatic heterocycles. The van der Waals surface area contributed by atoms with E-state index in [4.69, 9.17) is 14.3 Å². The summed E-state index contributed by atoms with van der Waals surface area (Å²) in [5, 5.41) is 13.0. The fourth-order valence-corrected chi connectivity index (χ4v) is 1.91. The lowest BCUT2D eigenvalue weighted by molar-refractivity contribution is 0.0665. The third-order valence-electron chi connectivity index (χ3n) is 2.86. The molecule has 0 aliphatic carbocycles. The highest BCUT2D eigenvalue weighted by atomic mass is 16.5. The Hall–Kier alpha value is -1.85. The van der Waals surface area contributed by atoms with Crippen LogP contribution in [0.2, 0.25) is 0 Å². The van der Waals surface area contributed by atoms with E-state index in [0.717, 1.165) is 10.9 Å². The van der Waals surface area contributed by atoms with Crippen LogP contribution in [0.3, 0.4) is 0 Å². The molecule has 1 heterocycles. The molecule has 0 aliphatic heterocycles. The summed E-state index contributed by atoms with van der Waals surface area (Å²) < 4.78 is 10.3. The van der Waals surface area contributed by atoms with E-state index in [1.165, 1.54) is 0 Å². The van der Waals surface area contributed by atoms with Crippen LogP contribution < -0.4 is 5.32 Å². The van der Waals surface area contributed by atoms with Crippen LogP contribution in [0.5, 0.6) is 0 Å². The van der Waals surface area contributed by atoms with E-state index >= 15 is 0 Å². The van der Waals surface area contributed by atoms with Gasteiger partial charge < -0.3 is 19.6 Å². The molecule has 19 heavy (non-hydrogen) atoms. The van der Waals surface area contributed by atoms with Crippen LogP contribution in [0.25, 0.3) is 11.0 Å². The molecule has 2 N–H and O–H groups in total. The average molecular weight is 263 g/mol. The minimum atomic E-state index is -1.05. The quantitative estimate of drug-likeness (QED) is 0.836. The molecule has 2 rings (SSSR count). The van der Waals surface area contributed by atoms with Crippen molar-refractivity contribution in [3.05, 3.63) is 35.6 Å². The second-order valence-electron chi connectivity index (χ2n) is 4.53. The molecule has 5 heteroatoms. The first kappa shape index (κ1) is 13.6. The number of fused-ring (bicyclic) bond motifs is 1. The summed E-state index contributed by atoms with van der Waals surface area (Å²) in [7, 11) is 1.67.